The van der Waals surface area contributed by atoms with Gasteiger partial charge in [0.1, 0.15) is 24.4 Å². The summed E-state index contributed by atoms with van der Waals surface area (Å²) in [6.45, 7) is 3.53. The summed E-state index contributed by atoms with van der Waals surface area (Å²) >= 11 is 0. The van der Waals surface area contributed by atoms with Crippen molar-refractivity contribution in [1.82, 2.24) is 5.32 Å². The van der Waals surface area contributed by atoms with Crippen LogP contribution in [-0.4, -0.2) is 87.5 Å². The zero-order chi connectivity index (χ0) is 26.1. The van der Waals surface area contributed by atoms with Crippen molar-refractivity contribution in [2.45, 2.75) is 134 Å². The summed E-state index contributed by atoms with van der Waals surface area (Å²) < 4.78 is 11.0. The zero-order valence-corrected chi connectivity index (χ0v) is 21.6. The Kier molecular flexibility index (Phi) is 17.4. The van der Waals surface area contributed by atoms with Gasteiger partial charge in [0, 0.05) is 6.42 Å². The summed E-state index contributed by atoms with van der Waals surface area (Å²) in [5, 5.41) is 52.9. The molecule has 9 nitrogen and oxygen atoms in total. The highest BCUT2D eigenvalue weighted by atomic mass is 16.7. The van der Waals surface area contributed by atoms with Crippen LogP contribution in [0, 0.1) is 0 Å². The molecule has 0 aromatic rings. The van der Waals surface area contributed by atoms with Gasteiger partial charge in [0.2, 0.25) is 5.91 Å². The lowest BCUT2D eigenvalue weighted by Crippen LogP contribution is -2.60. The molecule has 206 valence electrons. The SMILES string of the molecule is CCCCCCCC/C=C/C(O)C(COC1OC(CO)C(O)C(O)C1O)NC(=O)CCCCCC. The Morgan fingerprint density at radius 1 is 0.943 bits per heavy atom. The van der Waals surface area contributed by atoms with Gasteiger partial charge in [-0.2, -0.15) is 0 Å². The lowest BCUT2D eigenvalue weighted by atomic mass is 9.99. The maximum atomic E-state index is 12.4. The predicted octanol–water partition coefficient (Wildman–Crippen LogP) is 1.93. The number of carbonyl (C=O) groups excluding carboxylic acids is 1. The van der Waals surface area contributed by atoms with Gasteiger partial charge in [0.05, 0.1) is 25.4 Å². The molecule has 0 saturated carbocycles. The second-order valence-corrected chi connectivity index (χ2v) is 9.49. The van der Waals surface area contributed by atoms with Crippen molar-refractivity contribution in [2.75, 3.05) is 13.2 Å². The molecule has 1 aliphatic heterocycles. The first-order valence-corrected chi connectivity index (χ1v) is 13.4. The summed E-state index contributed by atoms with van der Waals surface area (Å²) in [4.78, 5) is 12.4. The van der Waals surface area contributed by atoms with E-state index in [0.717, 1.165) is 44.9 Å². The molecule has 0 aromatic carbocycles. The highest BCUT2D eigenvalue weighted by molar-refractivity contribution is 5.76. The van der Waals surface area contributed by atoms with E-state index in [1.165, 1.54) is 25.7 Å². The van der Waals surface area contributed by atoms with Gasteiger partial charge in [0.25, 0.3) is 0 Å². The molecule has 1 amide bonds. The molecular weight excluding hydrogens is 454 g/mol. The quantitative estimate of drug-likeness (QED) is 0.116. The fraction of sp³-hybridized carbons (Fsp3) is 0.885. The molecule has 1 saturated heterocycles. The largest absolute Gasteiger partial charge is 0.394 e. The van der Waals surface area contributed by atoms with E-state index in [-0.39, 0.29) is 12.5 Å². The second-order valence-electron chi connectivity index (χ2n) is 9.49. The Morgan fingerprint density at radius 3 is 2.23 bits per heavy atom. The molecule has 0 radical (unpaired) electrons. The van der Waals surface area contributed by atoms with Crippen LogP contribution in [0.5, 0.6) is 0 Å². The van der Waals surface area contributed by atoms with E-state index in [0.29, 0.717) is 6.42 Å². The number of carbonyl (C=O) groups is 1. The lowest BCUT2D eigenvalue weighted by molar-refractivity contribution is -0.302. The van der Waals surface area contributed by atoms with E-state index in [1.54, 1.807) is 6.08 Å². The van der Waals surface area contributed by atoms with Gasteiger partial charge in [-0.15, -0.1) is 0 Å². The molecule has 0 aliphatic carbocycles. The number of nitrogens with one attached hydrogen (secondary N) is 1. The lowest BCUT2D eigenvalue weighted by Gasteiger charge is -2.40. The number of rotatable bonds is 19. The first kappa shape index (κ1) is 32.0. The fourth-order valence-electron chi connectivity index (χ4n) is 4.03. The molecule has 35 heavy (non-hydrogen) atoms. The van der Waals surface area contributed by atoms with Crippen LogP contribution in [0.15, 0.2) is 12.2 Å². The molecule has 0 aromatic heterocycles. The van der Waals surface area contributed by atoms with E-state index < -0.39 is 49.5 Å². The standard InChI is InChI=1S/C26H49NO8/c1-3-5-7-9-10-11-12-13-15-20(29)19(27-22(30)16-14-8-6-4-2)18-34-26-25(33)24(32)23(31)21(17-28)35-26/h13,15,19-21,23-26,28-29,31-33H,3-12,14,16-18H2,1-2H3,(H,27,30)/b15-13+. The number of amides is 1. The number of aliphatic hydroxyl groups excluding tert-OH is 5. The van der Waals surface area contributed by atoms with Gasteiger partial charge in [0.15, 0.2) is 6.29 Å². The van der Waals surface area contributed by atoms with Crippen LogP contribution in [0.3, 0.4) is 0 Å². The molecular formula is C26H49NO8. The monoisotopic (exact) mass is 503 g/mol. The highest BCUT2D eigenvalue weighted by Crippen LogP contribution is 2.22. The van der Waals surface area contributed by atoms with Gasteiger partial charge in [-0.05, 0) is 19.3 Å². The van der Waals surface area contributed by atoms with Gasteiger partial charge in [-0.1, -0.05) is 77.4 Å². The van der Waals surface area contributed by atoms with Crippen LogP contribution < -0.4 is 5.32 Å². The van der Waals surface area contributed by atoms with E-state index in [4.69, 9.17) is 9.47 Å². The Morgan fingerprint density at radius 2 is 1.57 bits per heavy atom. The van der Waals surface area contributed by atoms with Crippen LogP contribution in [0.4, 0.5) is 0 Å². The van der Waals surface area contributed by atoms with Crippen LogP contribution in [0.2, 0.25) is 0 Å². The zero-order valence-electron chi connectivity index (χ0n) is 21.6. The summed E-state index contributed by atoms with van der Waals surface area (Å²) in [5.74, 6) is -0.202. The first-order chi connectivity index (χ1) is 16.8. The minimum atomic E-state index is -1.56. The maximum absolute atomic E-state index is 12.4. The van der Waals surface area contributed by atoms with Crippen molar-refractivity contribution >= 4 is 5.91 Å². The number of unbranched alkanes of at least 4 members (excludes halogenated alkanes) is 9. The average Bonchev–Trinajstić information content (AvgIpc) is 2.85. The minimum Gasteiger partial charge on any atom is -0.394 e. The summed E-state index contributed by atoms with van der Waals surface area (Å²) in [6.07, 6.45) is 7.61. The third-order valence-electron chi connectivity index (χ3n) is 6.36. The Labute approximate surface area is 210 Å². The van der Waals surface area contributed by atoms with Crippen molar-refractivity contribution in [2.24, 2.45) is 0 Å². The highest BCUT2D eigenvalue weighted by Gasteiger charge is 2.44. The molecule has 0 bridgehead atoms. The molecule has 7 unspecified atom stereocenters. The molecule has 1 fully saturated rings. The van der Waals surface area contributed by atoms with Crippen molar-refractivity contribution in [3.8, 4) is 0 Å². The van der Waals surface area contributed by atoms with Crippen LogP contribution in [0.1, 0.15) is 90.9 Å². The van der Waals surface area contributed by atoms with Gasteiger partial charge in [-0.25, -0.2) is 0 Å². The summed E-state index contributed by atoms with van der Waals surface area (Å²) in [5.41, 5.74) is 0. The van der Waals surface area contributed by atoms with E-state index in [9.17, 15) is 30.3 Å². The predicted molar refractivity (Wildman–Crippen MR) is 134 cm³/mol. The third kappa shape index (κ3) is 12.6. The second kappa shape index (κ2) is 19.1. The first-order valence-electron chi connectivity index (χ1n) is 13.4. The smallest absolute Gasteiger partial charge is 0.220 e. The van der Waals surface area contributed by atoms with Crippen molar-refractivity contribution in [1.29, 1.82) is 0 Å². The van der Waals surface area contributed by atoms with Crippen LogP contribution in [0.25, 0.3) is 0 Å². The summed E-state index contributed by atoms with van der Waals surface area (Å²) in [6, 6.07) is -0.790. The molecule has 6 N–H and O–H groups in total. The van der Waals surface area contributed by atoms with Crippen LogP contribution in [-0.2, 0) is 14.3 Å². The minimum absolute atomic E-state index is 0.189. The maximum Gasteiger partial charge on any atom is 0.220 e. The Hall–Kier alpha value is -1.07. The molecule has 1 heterocycles. The fourth-order valence-corrected chi connectivity index (χ4v) is 4.03. The Bertz CT molecular complexity index is 574. The van der Waals surface area contributed by atoms with E-state index in [1.807, 2.05) is 6.08 Å². The van der Waals surface area contributed by atoms with Crippen molar-refractivity contribution in [3.63, 3.8) is 0 Å². The normalized spacial score (nSPS) is 26.7. The molecule has 0 spiro atoms. The van der Waals surface area contributed by atoms with Gasteiger partial charge < -0.3 is 40.3 Å². The van der Waals surface area contributed by atoms with E-state index >= 15 is 0 Å². The van der Waals surface area contributed by atoms with Gasteiger partial charge >= 0.3 is 0 Å². The molecule has 7 atom stereocenters. The number of allylic oxidation sites excluding steroid dienone is 1. The Balaban J connectivity index is 2.65. The van der Waals surface area contributed by atoms with Gasteiger partial charge in [-0.3, -0.25) is 4.79 Å². The molecule has 1 aliphatic rings. The number of hydrogen-bond acceptors (Lipinski definition) is 8. The number of ether oxygens (including phenoxy) is 2. The van der Waals surface area contributed by atoms with Crippen molar-refractivity contribution in [3.05, 3.63) is 12.2 Å². The molecule has 1 rings (SSSR count). The summed E-state index contributed by atoms with van der Waals surface area (Å²) in [7, 11) is 0. The van der Waals surface area contributed by atoms with Crippen LogP contribution >= 0.6 is 0 Å². The third-order valence-corrected chi connectivity index (χ3v) is 6.36. The molecule has 9 heteroatoms. The number of hydrogen-bond donors (Lipinski definition) is 6. The van der Waals surface area contributed by atoms with Crippen molar-refractivity contribution < 1.29 is 39.8 Å². The average molecular weight is 504 g/mol. The topological polar surface area (TPSA) is 149 Å². The number of aliphatic hydroxyl groups is 5. The van der Waals surface area contributed by atoms with E-state index in [2.05, 4.69) is 19.2 Å².